The zero-order valence-corrected chi connectivity index (χ0v) is 13.1. The van der Waals surface area contributed by atoms with E-state index in [9.17, 15) is 0 Å². The molecule has 0 radical (unpaired) electrons. The quantitative estimate of drug-likeness (QED) is 0.665. The standard InChI is InChI=1S/C17H28N2O/c1-5-10-19(15(3)4)11-12-20-17-9-7-8-16(13-17)14-18-6-2/h5,7-9,13,15,18H,1,6,10-12,14H2,2-4H3. The minimum atomic E-state index is 0.511. The van der Waals surface area contributed by atoms with E-state index in [-0.39, 0.29) is 0 Å². The molecule has 20 heavy (non-hydrogen) atoms. The average Bonchev–Trinajstić information content (AvgIpc) is 2.44. The molecule has 0 saturated carbocycles. The molecule has 0 saturated heterocycles. The monoisotopic (exact) mass is 276 g/mol. The summed E-state index contributed by atoms with van der Waals surface area (Å²) in [6.45, 7) is 14.7. The molecule has 112 valence electrons. The number of nitrogens with one attached hydrogen (secondary N) is 1. The average molecular weight is 276 g/mol. The largest absolute Gasteiger partial charge is 0.492 e. The van der Waals surface area contributed by atoms with Gasteiger partial charge in [-0.2, -0.15) is 0 Å². The molecule has 0 amide bonds. The van der Waals surface area contributed by atoms with Crippen molar-refractivity contribution >= 4 is 0 Å². The van der Waals surface area contributed by atoms with Gasteiger partial charge in [-0.25, -0.2) is 0 Å². The van der Waals surface area contributed by atoms with Crippen LogP contribution in [0.3, 0.4) is 0 Å². The summed E-state index contributed by atoms with van der Waals surface area (Å²) in [5.74, 6) is 0.947. The highest BCUT2D eigenvalue weighted by Gasteiger charge is 2.07. The van der Waals surface area contributed by atoms with E-state index in [0.29, 0.717) is 12.6 Å². The lowest BCUT2D eigenvalue weighted by atomic mass is 10.2. The number of hydrogen-bond acceptors (Lipinski definition) is 3. The highest BCUT2D eigenvalue weighted by atomic mass is 16.5. The minimum absolute atomic E-state index is 0.511. The van der Waals surface area contributed by atoms with Gasteiger partial charge in [0, 0.05) is 25.7 Å². The molecule has 3 heteroatoms. The molecule has 0 spiro atoms. The first-order valence-corrected chi connectivity index (χ1v) is 7.44. The molecule has 3 nitrogen and oxygen atoms in total. The lowest BCUT2D eigenvalue weighted by Crippen LogP contribution is -2.34. The highest BCUT2D eigenvalue weighted by Crippen LogP contribution is 2.13. The number of nitrogens with zero attached hydrogens (tertiary/aromatic N) is 1. The van der Waals surface area contributed by atoms with Crippen LogP contribution >= 0.6 is 0 Å². The summed E-state index contributed by atoms with van der Waals surface area (Å²) in [4.78, 5) is 2.34. The van der Waals surface area contributed by atoms with E-state index in [1.807, 2.05) is 18.2 Å². The topological polar surface area (TPSA) is 24.5 Å². The second kappa shape index (κ2) is 9.56. The molecule has 0 bridgehead atoms. The Morgan fingerprint density at radius 1 is 1.40 bits per heavy atom. The van der Waals surface area contributed by atoms with Gasteiger partial charge >= 0.3 is 0 Å². The van der Waals surface area contributed by atoms with E-state index in [2.05, 4.69) is 49.7 Å². The molecule has 0 unspecified atom stereocenters. The Kier molecular flexibility index (Phi) is 8.00. The molecular weight excluding hydrogens is 248 g/mol. The first-order chi connectivity index (χ1) is 9.67. The maximum atomic E-state index is 5.85. The van der Waals surface area contributed by atoms with Crippen LogP contribution in [0.1, 0.15) is 26.3 Å². The van der Waals surface area contributed by atoms with Crippen molar-refractivity contribution < 1.29 is 4.74 Å². The predicted octanol–water partition coefficient (Wildman–Crippen LogP) is 3.07. The molecule has 1 N–H and O–H groups in total. The van der Waals surface area contributed by atoms with E-state index in [0.717, 1.165) is 31.9 Å². The lowest BCUT2D eigenvalue weighted by molar-refractivity contribution is 0.191. The fraction of sp³-hybridized carbons (Fsp3) is 0.529. The number of rotatable bonds is 10. The van der Waals surface area contributed by atoms with Crippen molar-refractivity contribution in [3.8, 4) is 5.75 Å². The van der Waals surface area contributed by atoms with Gasteiger partial charge in [-0.05, 0) is 38.1 Å². The van der Waals surface area contributed by atoms with Gasteiger partial charge in [-0.15, -0.1) is 6.58 Å². The van der Waals surface area contributed by atoms with Crippen molar-refractivity contribution in [2.75, 3.05) is 26.2 Å². The summed E-state index contributed by atoms with van der Waals surface area (Å²) in [5.41, 5.74) is 1.26. The van der Waals surface area contributed by atoms with E-state index in [4.69, 9.17) is 4.74 Å². The second-order valence-electron chi connectivity index (χ2n) is 5.15. The maximum Gasteiger partial charge on any atom is 0.119 e. The summed E-state index contributed by atoms with van der Waals surface area (Å²) < 4.78 is 5.85. The number of hydrogen-bond donors (Lipinski definition) is 1. The van der Waals surface area contributed by atoms with Crippen LogP contribution in [0.2, 0.25) is 0 Å². The van der Waals surface area contributed by atoms with Crippen molar-refractivity contribution in [3.05, 3.63) is 42.5 Å². The second-order valence-corrected chi connectivity index (χ2v) is 5.15. The van der Waals surface area contributed by atoms with Gasteiger partial charge in [-0.3, -0.25) is 4.90 Å². The van der Waals surface area contributed by atoms with Gasteiger partial charge in [-0.1, -0.05) is 25.1 Å². The van der Waals surface area contributed by atoms with Gasteiger partial charge in [0.2, 0.25) is 0 Å². The zero-order valence-electron chi connectivity index (χ0n) is 13.1. The SMILES string of the molecule is C=CCN(CCOc1cccc(CNCC)c1)C(C)C. The molecule has 0 aromatic heterocycles. The molecule has 0 fully saturated rings. The van der Waals surface area contributed by atoms with Crippen LogP contribution in [-0.2, 0) is 6.54 Å². The van der Waals surface area contributed by atoms with Crippen molar-refractivity contribution in [1.82, 2.24) is 10.2 Å². The summed E-state index contributed by atoms with van der Waals surface area (Å²) >= 11 is 0. The predicted molar refractivity (Wildman–Crippen MR) is 86.2 cm³/mol. The fourth-order valence-electron chi connectivity index (χ4n) is 2.02. The first kappa shape index (κ1) is 16.7. The molecule has 0 aliphatic rings. The van der Waals surface area contributed by atoms with Crippen LogP contribution < -0.4 is 10.1 Å². The highest BCUT2D eigenvalue weighted by molar-refractivity contribution is 5.28. The summed E-state index contributed by atoms with van der Waals surface area (Å²) in [6, 6.07) is 8.80. The Balaban J connectivity index is 2.42. The van der Waals surface area contributed by atoms with E-state index in [1.54, 1.807) is 0 Å². The van der Waals surface area contributed by atoms with E-state index in [1.165, 1.54) is 5.56 Å². The number of benzene rings is 1. The van der Waals surface area contributed by atoms with Gasteiger partial charge in [0.1, 0.15) is 12.4 Å². The first-order valence-electron chi connectivity index (χ1n) is 7.44. The van der Waals surface area contributed by atoms with Crippen molar-refractivity contribution in [1.29, 1.82) is 0 Å². The summed E-state index contributed by atoms with van der Waals surface area (Å²) in [7, 11) is 0. The van der Waals surface area contributed by atoms with Crippen LogP contribution in [0.4, 0.5) is 0 Å². The smallest absolute Gasteiger partial charge is 0.119 e. The zero-order chi connectivity index (χ0) is 14.8. The third-order valence-corrected chi connectivity index (χ3v) is 3.22. The van der Waals surface area contributed by atoms with Crippen molar-refractivity contribution in [2.24, 2.45) is 0 Å². The molecule has 0 aliphatic heterocycles. The Morgan fingerprint density at radius 2 is 2.20 bits per heavy atom. The summed E-state index contributed by atoms with van der Waals surface area (Å²) in [5, 5.41) is 3.32. The van der Waals surface area contributed by atoms with Crippen LogP contribution in [0, 0.1) is 0 Å². The lowest BCUT2D eigenvalue weighted by Gasteiger charge is -2.24. The van der Waals surface area contributed by atoms with Gasteiger partial charge < -0.3 is 10.1 Å². The van der Waals surface area contributed by atoms with Gasteiger partial charge in [0.15, 0.2) is 0 Å². The minimum Gasteiger partial charge on any atom is -0.492 e. The van der Waals surface area contributed by atoms with Crippen molar-refractivity contribution in [2.45, 2.75) is 33.4 Å². The molecule has 0 aliphatic carbocycles. The molecule has 1 aromatic rings. The van der Waals surface area contributed by atoms with Crippen LogP contribution in [0.25, 0.3) is 0 Å². The van der Waals surface area contributed by atoms with Crippen LogP contribution in [-0.4, -0.2) is 37.2 Å². The molecule has 1 aromatic carbocycles. The third-order valence-electron chi connectivity index (χ3n) is 3.22. The molecule has 0 heterocycles. The molecule has 0 atom stereocenters. The maximum absolute atomic E-state index is 5.85. The third kappa shape index (κ3) is 6.22. The Hall–Kier alpha value is -1.32. The van der Waals surface area contributed by atoms with Gasteiger partial charge in [0.05, 0.1) is 0 Å². The Labute approximate surface area is 123 Å². The fourth-order valence-corrected chi connectivity index (χ4v) is 2.02. The normalized spacial score (nSPS) is 11.1. The Morgan fingerprint density at radius 3 is 2.85 bits per heavy atom. The Bertz CT molecular complexity index is 390. The number of ether oxygens (including phenoxy) is 1. The molecular formula is C17H28N2O. The summed E-state index contributed by atoms with van der Waals surface area (Å²) in [6.07, 6.45) is 1.94. The van der Waals surface area contributed by atoms with E-state index < -0.39 is 0 Å². The van der Waals surface area contributed by atoms with Crippen molar-refractivity contribution in [3.63, 3.8) is 0 Å². The van der Waals surface area contributed by atoms with E-state index >= 15 is 0 Å². The van der Waals surface area contributed by atoms with Crippen LogP contribution in [0.5, 0.6) is 5.75 Å². The molecule has 1 rings (SSSR count). The van der Waals surface area contributed by atoms with Gasteiger partial charge in [0.25, 0.3) is 0 Å². The van der Waals surface area contributed by atoms with Crippen LogP contribution in [0.15, 0.2) is 36.9 Å².